The molecule has 144 valence electrons. The SMILES string of the molecule is CN1CCN(c2cc3sc(-c4ccc(N5CC(F)C5)nc4)nc3cn2)C(=O)C1. The fourth-order valence-corrected chi connectivity index (χ4v) is 4.40. The van der Waals surface area contributed by atoms with Crippen LogP contribution in [0.3, 0.4) is 0 Å². The van der Waals surface area contributed by atoms with Crippen molar-refractivity contribution in [2.45, 2.75) is 6.17 Å². The van der Waals surface area contributed by atoms with Crippen molar-refractivity contribution in [1.29, 1.82) is 0 Å². The van der Waals surface area contributed by atoms with Gasteiger partial charge in [0.25, 0.3) is 0 Å². The Bertz CT molecular complexity index is 1030. The predicted molar refractivity (Wildman–Crippen MR) is 108 cm³/mol. The number of halogens is 1. The Kier molecular flexibility index (Phi) is 4.21. The summed E-state index contributed by atoms with van der Waals surface area (Å²) in [4.78, 5) is 31.5. The van der Waals surface area contributed by atoms with Gasteiger partial charge in [-0.3, -0.25) is 14.6 Å². The van der Waals surface area contributed by atoms with Crippen LogP contribution in [0.25, 0.3) is 20.8 Å². The molecule has 3 aromatic heterocycles. The number of hydrogen-bond acceptors (Lipinski definition) is 7. The minimum atomic E-state index is -0.750. The zero-order chi connectivity index (χ0) is 19.3. The van der Waals surface area contributed by atoms with E-state index >= 15 is 0 Å². The van der Waals surface area contributed by atoms with E-state index in [0.29, 0.717) is 32.0 Å². The highest BCUT2D eigenvalue weighted by molar-refractivity contribution is 7.21. The number of hydrogen-bond donors (Lipinski definition) is 0. The van der Waals surface area contributed by atoms with Crippen molar-refractivity contribution in [2.24, 2.45) is 0 Å². The lowest BCUT2D eigenvalue weighted by atomic mass is 10.2. The molecule has 5 heterocycles. The molecule has 0 bridgehead atoms. The average molecular weight is 398 g/mol. The van der Waals surface area contributed by atoms with Gasteiger partial charge in [-0.2, -0.15) is 0 Å². The summed E-state index contributed by atoms with van der Waals surface area (Å²) in [6, 6.07) is 5.80. The second kappa shape index (κ2) is 6.75. The Morgan fingerprint density at radius 3 is 2.68 bits per heavy atom. The molecule has 2 aliphatic rings. The van der Waals surface area contributed by atoms with Crippen molar-refractivity contribution < 1.29 is 9.18 Å². The maximum Gasteiger partial charge on any atom is 0.242 e. The molecule has 2 saturated heterocycles. The van der Waals surface area contributed by atoms with Crippen molar-refractivity contribution >= 4 is 39.1 Å². The van der Waals surface area contributed by atoms with E-state index in [0.717, 1.165) is 33.2 Å². The summed E-state index contributed by atoms with van der Waals surface area (Å²) in [5.74, 6) is 1.52. The molecule has 5 rings (SSSR count). The number of likely N-dealkylation sites (N-methyl/N-ethyl adjacent to an activating group) is 1. The van der Waals surface area contributed by atoms with Gasteiger partial charge in [-0.1, -0.05) is 0 Å². The van der Waals surface area contributed by atoms with Gasteiger partial charge in [-0.05, 0) is 19.2 Å². The fraction of sp³-hybridized carbons (Fsp3) is 0.368. The zero-order valence-electron chi connectivity index (χ0n) is 15.4. The molecule has 0 aromatic carbocycles. The summed E-state index contributed by atoms with van der Waals surface area (Å²) in [5, 5.41) is 0.852. The van der Waals surface area contributed by atoms with Crippen molar-refractivity contribution in [1.82, 2.24) is 19.9 Å². The van der Waals surface area contributed by atoms with Gasteiger partial charge in [0.15, 0.2) is 0 Å². The molecule has 0 unspecified atom stereocenters. The third-order valence-corrected chi connectivity index (χ3v) is 6.17. The Morgan fingerprint density at radius 2 is 1.96 bits per heavy atom. The summed E-state index contributed by atoms with van der Waals surface area (Å²) in [5.41, 5.74) is 1.72. The van der Waals surface area contributed by atoms with Crippen LogP contribution in [-0.4, -0.2) is 71.7 Å². The molecule has 0 spiro atoms. The minimum Gasteiger partial charge on any atom is -0.351 e. The van der Waals surface area contributed by atoms with Crippen molar-refractivity contribution in [2.75, 3.05) is 49.6 Å². The molecule has 2 fully saturated rings. The first-order valence-corrected chi connectivity index (χ1v) is 9.99. The Labute approximate surface area is 165 Å². The molecule has 2 aliphatic heterocycles. The molecule has 0 radical (unpaired) electrons. The van der Waals surface area contributed by atoms with Crippen LogP contribution in [0.15, 0.2) is 30.6 Å². The monoisotopic (exact) mass is 398 g/mol. The molecule has 0 aliphatic carbocycles. The van der Waals surface area contributed by atoms with Crippen LogP contribution < -0.4 is 9.80 Å². The quantitative estimate of drug-likeness (QED) is 0.674. The van der Waals surface area contributed by atoms with Gasteiger partial charge in [0.1, 0.15) is 28.3 Å². The summed E-state index contributed by atoms with van der Waals surface area (Å²) in [6.45, 7) is 2.70. The number of alkyl halides is 1. The lowest BCUT2D eigenvalue weighted by Crippen LogP contribution is -2.49. The van der Waals surface area contributed by atoms with Crippen LogP contribution in [-0.2, 0) is 4.79 Å². The van der Waals surface area contributed by atoms with Crippen molar-refractivity contribution in [3.05, 3.63) is 30.6 Å². The van der Waals surface area contributed by atoms with Crippen LogP contribution >= 0.6 is 11.3 Å². The Morgan fingerprint density at radius 1 is 1.14 bits per heavy atom. The predicted octanol–water partition coefficient (Wildman–Crippen LogP) is 2.19. The first-order valence-electron chi connectivity index (χ1n) is 9.18. The highest BCUT2D eigenvalue weighted by Gasteiger charge is 2.27. The van der Waals surface area contributed by atoms with E-state index in [1.807, 2.05) is 35.0 Å². The second-order valence-electron chi connectivity index (χ2n) is 7.22. The standard InChI is InChI=1S/C19H19FN6OS/c1-24-4-5-26(18(27)11-24)17-6-15-14(8-22-17)23-19(28-15)12-2-3-16(21-7-12)25-9-13(20)10-25/h2-3,6-8,13H,4-5,9-11H2,1H3. The number of anilines is 2. The fourth-order valence-electron chi connectivity index (χ4n) is 3.44. The van der Waals surface area contributed by atoms with Crippen LogP contribution in [0.5, 0.6) is 0 Å². The van der Waals surface area contributed by atoms with Crippen LogP contribution in [0.1, 0.15) is 0 Å². The van der Waals surface area contributed by atoms with Crippen molar-refractivity contribution in [3.63, 3.8) is 0 Å². The maximum atomic E-state index is 13.0. The van der Waals surface area contributed by atoms with Gasteiger partial charge < -0.3 is 4.90 Å². The van der Waals surface area contributed by atoms with E-state index in [1.165, 1.54) is 0 Å². The van der Waals surface area contributed by atoms with E-state index in [1.54, 1.807) is 28.6 Å². The van der Waals surface area contributed by atoms with E-state index in [-0.39, 0.29) is 5.91 Å². The van der Waals surface area contributed by atoms with Gasteiger partial charge in [-0.25, -0.2) is 19.3 Å². The molecule has 0 atom stereocenters. The number of pyridine rings is 2. The molecule has 0 saturated carbocycles. The molecule has 1 amide bonds. The zero-order valence-corrected chi connectivity index (χ0v) is 16.2. The topological polar surface area (TPSA) is 65.5 Å². The average Bonchev–Trinajstić information content (AvgIpc) is 3.09. The lowest BCUT2D eigenvalue weighted by molar-refractivity contribution is -0.120. The highest BCUT2D eigenvalue weighted by Crippen LogP contribution is 2.32. The van der Waals surface area contributed by atoms with Crippen LogP contribution in [0.2, 0.25) is 0 Å². The number of carbonyl (C=O) groups is 1. The number of carbonyl (C=O) groups excluding carboxylic acids is 1. The summed E-state index contributed by atoms with van der Waals surface area (Å²) < 4.78 is 14.0. The molecular formula is C19H19FN6OS. The first-order chi connectivity index (χ1) is 13.6. The number of amides is 1. The van der Waals surface area contributed by atoms with E-state index in [4.69, 9.17) is 0 Å². The van der Waals surface area contributed by atoms with Gasteiger partial charge in [-0.15, -0.1) is 11.3 Å². The summed E-state index contributed by atoms with van der Waals surface area (Å²) in [6.07, 6.45) is 2.75. The van der Waals surface area contributed by atoms with Gasteiger partial charge in [0.2, 0.25) is 5.91 Å². The molecule has 3 aromatic rings. The summed E-state index contributed by atoms with van der Waals surface area (Å²) in [7, 11) is 1.94. The molecule has 9 heteroatoms. The third kappa shape index (κ3) is 3.10. The smallest absolute Gasteiger partial charge is 0.242 e. The van der Waals surface area contributed by atoms with Crippen molar-refractivity contribution in [3.8, 4) is 10.6 Å². The lowest BCUT2D eigenvalue weighted by Gasteiger charge is -2.35. The van der Waals surface area contributed by atoms with E-state index < -0.39 is 6.17 Å². The number of nitrogens with zero attached hydrogens (tertiary/aromatic N) is 6. The molecular weight excluding hydrogens is 379 g/mol. The maximum absolute atomic E-state index is 13.0. The van der Waals surface area contributed by atoms with E-state index in [2.05, 4.69) is 15.0 Å². The highest BCUT2D eigenvalue weighted by atomic mass is 32.1. The first kappa shape index (κ1) is 17.4. The van der Waals surface area contributed by atoms with Gasteiger partial charge in [0.05, 0.1) is 30.5 Å². The largest absolute Gasteiger partial charge is 0.351 e. The van der Waals surface area contributed by atoms with E-state index in [9.17, 15) is 9.18 Å². The van der Waals surface area contributed by atoms with Crippen LogP contribution in [0, 0.1) is 0 Å². The normalized spacial score (nSPS) is 18.7. The van der Waals surface area contributed by atoms with Crippen LogP contribution in [0.4, 0.5) is 16.0 Å². The Hall–Kier alpha value is -2.65. The Balaban J connectivity index is 1.40. The summed E-state index contributed by atoms with van der Waals surface area (Å²) >= 11 is 1.55. The molecule has 0 N–H and O–H groups in total. The molecule has 28 heavy (non-hydrogen) atoms. The second-order valence-corrected chi connectivity index (χ2v) is 8.25. The number of aromatic nitrogens is 3. The minimum absolute atomic E-state index is 0.0617. The number of rotatable bonds is 3. The molecule has 7 nitrogen and oxygen atoms in total. The van der Waals surface area contributed by atoms with Gasteiger partial charge in [0, 0.05) is 30.9 Å². The number of piperazine rings is 1. The third-order valence-electron chi connectivity index (χ3n) is 5.10. The number of thiazole rings is 1. The number of fused-ring (bicyclic) bond motifs is 1. The van der Waals surface area contributed by atoms with Gasteiger partial charge >= 0.3 is 0 Å².